The van der Waals surface area contributed by atoms with Gasteiger partial charge in [-0.05, 0) is 31.0 Å². The molecule has 5 heteroatoms. The van der Waals surface area contributed by atoms with Crippen molar-refractivity contribution in [2.45, 2.75) is 79.1 Å². The van der Waals surface area contributed by atoms with E-state index in [1.807, 2.05) is 6.92 Å². The quantitative estimate of drug-likeness (QED) is 0.380. The highest BCUT2D eigenvalue weighted by molar-refractivity contribution is 6.74. The van der Waals surface area contributed by atoms with E-state index >= 15 is 0 Å². The average Bonchev–Trinajstić information content (AvgIpc) is 2.33. The molecule has 0 aliphatic rings. The first-order valence-electron chi connectivity index (χ1n) is 8.19. The molecule has 0 aliphatic carbocycles. The van der Waals surface area contributed by atoms with Crippen LogP contribution in [0.5, 0.6) is 0 Å². The number of carbonyl (C=O) groups is 2. The van der Waals surface area contributed by atoms with Gasteiger partial charge < -0.3 is 9.16 Å². The maximum absolute atomic E-state index is 12.3. The molecule has 0 radical (unpaired) electrons. The van der Waals surface area contributed by atoms with Crippen LogP contribution in [0, 0.1) is 11.8 Å². The maximum Gasteiger partial charge on any atom is 0.313 e. The van der Waals surface area contributed by atoms with Crippen LogP contribution in [0.2, 0.25) is 18.1 Å². The van der Waals surface area contributed by atoms with Crippen molar-refractivity contribution < 1.29 is 18.8 Å². The Morgan fingerprint density at radius 2 is 1.59 bits per heavy atom. The van der Waals surface area contributed by atoms with Gasteiger partial charge in [-0.1, -0.05) is 41.5 Å². The van der Waals surface area contributed by atoms with Crippen molar-refractivity contribution in [3.63, 3.8) is 0 Å². The number of rotatable bonds is 8. The summed E-state index contributed by atoms with van der Waals surface area (Å²) >= 11 is 0. The van der Waals surface area contributed by atoms with Crippen LogP contribution in [0.4, 0.5) is 0 Å². The van der Waals surface area contributed by atoms with Crippen LogP contribution in [-0.2, 0) is 18.8 Å². The minimum atomic E-state index is -1.96. The summed E-state index contributed by atoms with van der Waals surface area (Å²) in [5.41, 5.74) is 0. The fourth-order valence-electron chi connectivity index (χ4n) is 2.03. The zero-order chi connectivity index (χ0) is 17.7. The molecule has 0 aliphatic heterocycles. The van der Waals surface area contributed by atoms with Crippen molar-refractivity contribution in [3.05, 3.63) is 0 Å². The lowest BCUT2D eigenvalue weighted by Crippen LogP contribution is -2.48. The van der Waals surface area contributed by atoms with Gasteiger partial charge in [0.15, 0.2) is 8.32 Å². The van der Waals surface area contributed by atoms with E-state index in [9.17, 15) is 9.59 Å². The zero-order valence-electron chi connectivity index (χ0n) is 15.8. The summed E-state index contributed by atoms with van der Waals surface area (Å²) in [4.78, 5) is 23.9. The molecular weight excluding hydrogens is 296 g/mol. The van der Waals surface area contributed by atoms with Gasteiger partial charge in [0.25, 0.3) is 0 Å². The van der Waals surface area contributed by atoms with Gasteiger partial charge in [-0.15, -0.1) is 0 Å². The Morgan fingerprint density at radius 3 is 1.95 bits per heavy atom. The molecule has 0 aromatic rings. The van der Waals surface area contributed by atoms with Crippen molar-refractivity contribution in [1.82, 2.24) is 0 Å². The molecule has 0 saturated carbocycles. The smallest absolute Gasteiger partial charge is 0.313 e. The number of ether oxygens (including phenoxy) is 1. The Labute approximate surface area is 137 Å². The molecule has 0 N–H and O–H groups in total. The number of ketones is 1. The Balaban J connectivity index is 5.03. The van der Waals surface area contributed by atoms with E-state index in [0.717, 1.165) is 0 Å². The largest absolute Gasteiger partial charge is 0.466 e. The van der Waals surface area contributed by atoms with Crippen molar-refractivity contribution in [2.75, 3.05) is 6.61 Å². The lowest BCUT2D eigenvalue weighted by molar-refractivity contribution is -0.147. The fourth-order valence-corrected chi connectivity index (χ4v) is 3.54. The number of esters is 1. The molecule has 0 fully saturated rings. The SMILES string of the molecule is CCOC(=O)CC(=O)[C@H](C)[C@@H](O[Si](C)(C)C(C)(C)C)C(C)C. The van der Waals surface area contributed by atoms with Crippen LogP contribution in [-0.4, -0.2) is 32.8 Å². The molecule has 0 spiro atoms. The van der Waals surface area contributed by atoms with Crippen LogP contribution < -0.4 is 0 Å². The van der Waals surface area contributed by atoms with Gasteiger partial charge in [0.05, 0.1) is 12.7 Å². The topological polar surface area (TPSA) is 52.6 Å². The second kappa shape index (κ2) is 8.25. The third-order valence-electron chi connectivity index (χ3n) is 4.52. The molecule has 0 rings (SSSR count). The summed E-state index contributed by atoms with van der Waals surface area (Å²) in [7, 11) is -1.96. The maximum atomic E-state index is 12.3. The summed E-state index contributed by atoms with van der Waals surface area (Å²) in [6.07, 6.45) is -0.332. The molecule has 0 amide bonds. The highest BCUT2D eigenvalue weighted by Gasteiger charge is 2.42. The van der Waals surface area contributed by atoms with E-state index < -0.39 is 14.3 Å². The predicted molar refractivity (Wildman–Crippen MR) is 92.3 cm³/mol. The Hall–Kier alpha value is -0.683. The van der Waals surface area contributed by atoms with Crippen molar-refractivity contribution in [1.29, 1.82) is 0 Å². The second-order valence-electron chi connectivity index (χ2n) is 7.82. The molecule has 0 aromatic heterocycles. The molecule has 130 valence electrons. The van der Waals surface area contributed by atoms with Gasteiger partial charge in [0.1, 0.15) is 12.2 Å². The minimum Gasteiger partial charge on any atom is -0.466 e. The summed E-state index contributed by atoms with van der Waals surface area (Å²) in [6.45, 7) is 18.9. The first-order valence-corrected chi connectivity index (χ1v) is 11.1. The zero-order valence-corrected chi connectivity index (χ0v) is 16.8. The van der Waals surface area contributed by atoms with Crippen molar-refractivity contribution in [3.8, 4) is 0 Å². The van der Waals surface area contributed by atoms with Crippen LogP contribution in [0.25, 0.3) is 0 Å². The van der Waals surface area contributed by atoms with Gasteiger partial charge >= 0.3 is 5.97 Å². The molecule has 2 atom stereocenters. The van der Waals surface area contributed by atoms with Gasteiger partial charge in [-0.3, -0.25) is 9.59 Å². The summed E-state index contributed by atoms with van der Waals surface area (Å²) < 4.78 is 11.3. The van der Waals surface area contributed by atoms with Crippen molar-refractivity contribution in [2.24, 2.45) is 11.8 Å². The molecule has 22 heavy (non-hydrogen) atoms. The van der Waals surface area contributed by atoms with Crippen molar-refractivity contribution >= 4 is 20.1 Å². The normalized spacial score (nSPS) is 15.5. The van der Waals surface area contributed by atoms with E-state index in [-0.39, 0.29) is 35.2 Å². The number of Topliss-reactive ketones (excluding diaryl/α,β-unsaturated/α-hetero) is 1. The summed E-state index contributed by atoms with van der Waals surface area (Å²) in [6, 6.07) is 0. The highest BCUT2D eigenvalue weighted by Crippen LogP contribution is 2.39. The molecule has 0 heterocycles. The lowest BCUT2D eigenvalue weighted by atomic mass is 9.90. The Kier molecular flexibility index (Phi) is 7.99. The van der Waals surface area contributed by atoms with E-state index in [4.69, 9.17) is 9.16 Å². The standard InChI is InChI=1S/C17H34O4Si/c1-10-20-15(19)11-14(18)13(4)16(12(2)3)21-22(8,9)17(5,6)7/h12-13,16H,10-11H2,1-9H3/t13-,16-/m0/s1. The summed E-state index contributed by atoms with van der Waals surface area (Å²) in [5.74, 6) is -0.640. The molecular formula is C17H34O4Si. The molecule has 0 aromatic carbocycles. The van der Waals surface area contributed by atoms with Gasteiger partial charge in [0, 0.05) is 5.92 Å². The minimum absolute atomic E-state index is 0.0873. The molecule has 0 unspecified atom stereocenters. The van der Waals surface area contributed by atoms with Gasteiger partial charge in [-0.2, -0.15) is 0 Å². The number of carbonyl (C=O) groups excluding carboxylic acids is 2. The highest BCUT2D eigenvalue weighted by atomic mass is 28.4. The van der Waals surface area contributed by atoms with Crippen LogP contribution in [0.3, 0.4) is 0 Å². The summed E-state index contributed by atoms with van der Waals surface area (Å²) in [5, 5.41) is 0.0873. The van der Waals surface area contributed by atoms with Crippen LogP contribution in [0.15, 0.2) is 0 Å². The van der Waals surface area contributed by atoms with Crippen LogP contribution in [0.1, 0.15) is 54.9 Å². The number of hydrogen-bond acceptors (Lipinski definition) is 4. The Bertz CT molecular complexity index is 383. The third-order valence-corrected chi connectivity index (χ3v) is 8.99. The van der Waals surface area contributed by atoms with Crippen LogP contribution >= 0.6 is 0 Å². The Morgan fingerprint density at radius 1 is 1.09 bits per heavy atom. The third kappa shape index (κ3) is 6.21. The second-order valence-corrected chi connectivity index (χ2v) is 12.6. The fraction of sp³-hybridized carbons (Fsp3) is 0.882. The van der Waals surface area contributed by atoms with E-state index in [1.165, 1.54) is 0 Å². The molecule has 0 bridgehead atoms. The first-order chi connectivity index (χ1) is 9.83. The lowest BCUT2D eigenvalue weighted by Gasteiger charge is -2.42. The van der Waals surface area contributed by atoms with E-state index in [0.29, 0.717) is 6.61 Å². The average molecular weight is 331 g/mol. The van der Waals surface area contributed by atoms with E-state index in [2.05, 4.69) is 47.7 Å². The first kappa shape index (κ1) is 21.3. The molecule has 0 saturated heterocycles. The molecule has 4 nitrogen and oxygen atoms in total. The van der Waals surface area contributed by atoms with E-state index in [1.54, 1.807) is 6.92 Å². The predicted octanol–water partition coefficient (Wildman–Crippen LogP) is 4.19. The van der Waals surface area contributed by atoms with Gasteiger partial charge in [-0.25, -0.2) is 0 Å². The number of hydrogen-bond donors (Lipinski definition) is 0. The van der Waals surface area contributed by atoms with Gasteiger partial charge in [0.2, 0.25) is 0 Å². The monoisotopic (exact) mass is 330 g/mol.